The van der Waals surface area contributed by atoms with E-state index in [1.54, 1.807) is 0 Å². The summed E-state index contributed by atoms with van der Waals surface area (Å²) in [7, 11) is 1.99. The molecular formula is C9H17NO. The minimum atomic E-state index is 0.427. The summed E-state index contributed by atoms with van der Waals surface area (Å²) >= 11 is 0. The third-order valence-corrected chi connectivity index (χ3v) is 2.13. The van der Waals surface area contributed by atoms with Crippen molar-refractivity contribution in [3.05, 3.63) is 12.2 Å². The Morgan fingerprint density at radius 1 is 1.64 bits per heavy atom. The highest BCUT2D eigenvalue weighted by Crippen LogP contribution is 2.23. The number of likely N-dealkylation sites (N-methyl/N-ethyl adjacent to an activating group) is 1. The smallest absolute Gasteiger partial charge is 0.0732 e. The van der Waals surface area contributed by atoms with E-state index in [0.717, 1.165) is 5.57 Å². The van der Waals surface area contributed by atoms with Gasteiger partial charge in [-0.25, -0.2) is 0 Å². The molecule has 1 aliphatic carbocycles. The number of hydrogen-bond donors (Lipinski definition) is 1. The van der Waals surface area contributed by atoms with Crippen LogP contribution >= 0.6 is 0 Å². The maximum atomic E-state index is 5.58. The van der Waals surface area contributed by atoms with E-state index in [-0.39, 0.29) is 0 Å². The van der Waals surface area contributed by atoms with Gasteiger partial charge < -0.3 is 10.1 Å². The van der Waals surface area contributed by atoms with Crippen molar-refractivity contribution in [1.82, 2.24) is 5.32 Å². The van der Waals surface area contributed by atoms with E-state index >= 15 is 0 Å². The monoisotopic (exact) mass is 155 g/mol. The zero-order valence-electron chi connectivity index (χ0n) is 7.39. The Balaban J connectivity index is 2.12. The van der Waals surface area contributed by atoms with Gasteiger partial charge in [-0.3, -0.25) is 0 Å². The van der Waals surface area contributed by atoms with E-state index in [0.29, 0.717) is 18.8 Å². The molecule has 11 heavy (non-hydrogen) atoms. The lowest BCUT2D eigenvalue weighted by Gasteiger charge is -2.36. The fourth-order valence-electron chi connectivity index (χ4n) is 1.25. The first-order chi connectivity index (χ1) is 5.24. The lowest BCUT2D eigenvalue weighted by atomic mass is 9.89. The Bertz CT molecular complexity index is 142. The lowest BCUT2D eigenvalue weighted by molar-refractivity contribution is -0.0125. The van der Waals surface area contributed by atoms with Crippen LogP contribution in [0.1, 0.15) is 19.8 Å². The summed E-state index contributed by atoms with van der Waals surface area (Å²) in [4.78, 5) is 0. The van der Waals surface area contributed by atoms with Gasteiger partial charge >= 0.3 is 0 Å². The number of rotatable bonds is 4. The van der Waals surface area contributed by atoms with Crippen LogP contribution < -0.4 is 5.32 Å². The molecule has 1 N–H and O–H groups in total. The second-order valence-electron chi connectivity index (χ2n) is 3.28. The molecule has 0 amide bonds. The SMILES string of the molecule is C=C(C)COC1CCC1NC. The molecule has 0 aliphatic heterocycles. The molecule has 64 valence electrons. The van der Waals surface area contributed by atoms with Crippen molar-refractivity contribution in [2.24, 2.45) is 0 Å². The third-order valence-electron chi connectivity index (χ3n) is 2.13. The molecule has 2 heteroatoms. The minimum absolute atomic E-state index is 0.427. The Kier molecular flexibility index (Phi) is 3.09. The molecule has 0 heterocycles. The standard InChI is InChI=1S/C9H17NO/c1-7(2)6-11-9-5-4-8(9)10-3/h8-10H,1,4-6H2,2-3H3. The van der Waals surface area contributed by atoms with Crippen LogP contribution in [0, 0.1) is 0 Å². The summed E-state index contributed by atoms with van der Waals surface area (Å²) in [6.45, 7) is 6.50. The summed E-state index contributed by atoms with van der Waals surface area (Å²) in [6.07, 6.45) is 2.87. The average molecular weight is 155 g/mol. The predicted molar refractivity (Wildman–Crippen MR) is 46.6 cm³/mol. The van der Waals surface area contributed by atoms with E-state index in [9.17, 15) is 0 Å². The predicted octanol–water partition coefficient (Wildman–Crippen LogP) is 1.33. The van der Waals surface area contributed by atoms with Crippen LogP contribution in [-0.4, -0.2) is 25.8 Å². The maximum absolute atomic E-state index is 5.58. The van der Waals surface area contributed by atoms with Crippen LogP contribution in [0.5, 0.6) is 0 Å². The van der Waals surface area contributed by atoms with Crippen LogP contribution in [0.2, 0.25) is 0 Å². The summed E-state index contributed by atoms with van der Waals surface area (Å²) in [5, 5.41) is 3.22. The Labute approximate surface area is 68.6 Å². The molecule has 1 fully saturated rings. The summed E-state index contributed by atoms with van der Waals surface area (Å²) < 4.78 is 5.58. The van der Waals surface area contributed by atoms with Crippen LogP contribution in [0.25, 0.3) is 0 Å². The topological polar surface area (TPSA) is 21.3 Å². The molecule has 2 atom stereocenters. The van der Waals surface area contributed by atoms with Crippen LogP contribution in [-0.2, 0) is 4.74 Å². The van der Waals surface area contributed by atoms with E-state index < -0.39 is 0 Å². The maximum Gasteiger partial charge on any atom is 0.0732 e. The second-order valence-corrected chi connectivity index (χ2v) is 3.28. The van der Waals surface area contributed by atoms with Crippen LogP contribution in [0.4, 0.5) is 0 Å². The van der Waals surface area contributed by atoms with Gasteiger partial charge in [-0.15, -0.1) is 0 Å². The van der Waals surface area contributed by atoms with Gasteiger partial charge in [-0.1, -0.05) is 12.2 Å². The zero-order chi connectivity index (χ0) is 8.27. The summed E-state index contributed by atoms with van der Waals surface area (Å²) in [5.74, 6) is 0. The van der Waals surface area contributed by atoms with Gasteiger partial charge in [0.25, 0.3) is 0 Å². The number of hydrogen-bond acceptors (Lipinski definition) is 2. The molecular weight excluding hydrogens is 138 g/mol. The van der Waals surface area contributed by atoms with Gasteiger partial charge in [0.15, 0.2) is 0 Å². The molecule has 0 radical (unpaired) electrons. The fourth-order valence-corrected chi connectivity index (χ4v) is 1.25. The van der Waals surface area contributed by atoms with Crippen molar-refractivity contribution in [3.8, 4) is 0 Å². The summed E-state index contributed by atoms with van der Waals surface area (Å²) in [6, 6.07) is 0.578. The van der Waals surface area contributed by atoms with Gasteiger partial charge in [-0.05, 0) is 26.8 Å². The van der Waals surface area contributed by atoms with Crippen molar-refractivity contribution in [1.29, 1.82) is 0 Å². The fraction of sp³-hybridized carbons (Fsp3) is 0.778. The molecule has 0 spiro atoms. The number of nitrogens with one attached hydrogen (secondary N) is 1. The zero-order valence-corrected chi connectivity index (χ0v) is 7.39. The van der Waals surface area contributed by atoms with Gasteiger partial charge in [0, 0.05) is 6.04 Å². The van der Waals surface area contributed by atoms with E-state index in [1.165, 1.54) is 12.8 Å². The molecule has 0 saturated heterocycles. The third kappa shape index (κ3) is 2.31. The van der Waals surface area contributed by atoms with E-state index in [2.05, 4.69) is 11.9 Å². The van der Waals surface area contributed by atoms with E-state index in [1.807, 2.05) is 14.0 Å². The van der Waals surface area contributed by atoms with Crippen LogP contribution in [0.3, 0.4) is 0 Å². The minimum Gasteiger partial charge on any atom is -0.372 e. The normalized spacial score (nSPS) is 29.6. The van der Waals surface area contributed by atoms with Crippen LogP contribution in [0.15, 0.2) is 12.2 Å². The molecule has 0 aromatic heterocycles. The van der Waals surface area contributed by atoms with Crippen molar-refractivity contribution < 1.29 is 4.74 Å². The first-order valence-corrected chi connectivity index (χ1v) is 4.17. The molecule has 2 nitrogen and oxygen atoms in total. The molecule has 0 aromatic rings. The van der Waals surface area contributed by atoms with Crippen molar-refractivity contribution in [2.75, 3.05) is 13.7 Å². The van der Waals surface area contributed by atoms with Gasteiger partial charge in [-0.2, -0.15) is 0 Å². The van der Waals surface area contributed by atoms with Crippen molar-refractivity contribution >= 4 is 0 Å². The Hall–Kier alpha value is -0.340. The largest absolute Gasteiger partial charge is 0.372 e. The molecule has 0 bridgehead atoms. The Morgan fingerprint density at radius 2 is 2.36 bits per heavy atom. The van der Waals surface area contributed by atoms with Gasteiger partial charge in [0.1, 0.15) is 0 Å². The highest BCUT2D eigenvalue weighted by atomic mass is 16.5. The first kappa shape index (κ1) is 8.75. The Morgan fingerprint density at radius 3 is 2.73 bits per heavy atom. The lowest BCUT2D eigenvalue weighted by Crippen LogP contribution is -2.47. The summed E-state index contributed by atoms with van der Waals surface area (Å²) in [5.41, 5.74) is 1.10. The number of ether oxygens (including phenoxy) is 1. The second kappa shape index (κ2) is 3.88. The molecule has 1 aliphatic rings. The van der Waals surface area contributed by atoms with Crippen molar-refractivity contribution in [2.45, 2.75) is 31.9 Å². The van der Waals surface area contributed by atoms with Gasteiger partial charge in [0.05, 0.1) is 12.7 Å². The molecule has 1 rings (SSSR count). The van der Waals surface area contributed by atoms with E-state index in [4.69, 9.17) is 4.74 Å². The highest BCUT2D eigenvalue weighted by molar-refractivity contribution is 4.92. The molecule has 2 unspecified atom stereocenters. The molecule has 1 saturated carbocycles. The highest BCUT2D eigenvalue weighted by Gasteiger charge is 2.29. The first-order valence-electron chi connectivity index (χ1n) is 4.17. The molecule has 0 aromatic carbocycles. The average Bonchev–Trinajstić information content (AvgIpc) is 1.86. The quantitative estimate of drug-likeness (QED) is 0.618. The van der Waals surface area contributed by atoms with Gasteiger partial charge in [0.2, 0.25) is 0 Å². The van der Waals surface area contributed by atoms with Crippen molar-refractivity contribution in [3.63, 3.8) is 0 Å².